The van der Waals surface area contributed by atoms with Crippen molar-refractivity contribution >= 4 is 17.0 Å². The van der Waals surface area contributed by atoms with Gasteiger partial charge in [0.05, 0.1) is 17.8 Å². The maximum absolute atomic E-state index is 5.75. The summed E-state index contributed by atoms with van der Waals surface area (Å²) in [5.41, 5.74) is 9.82. The molecule has 0 saturated heterocycles. The van der Waals surface area contributed by atoms with E-state index in [1.54, 1.807) is 18.4 Å². The maximum Gasteiger partial charge on any atom is 0.122 e. The number of methoxy groups -OCH3 is 1. The van der Waals surface area contributed by atoms with Gasteiger partial charge in [-0.25, -0.2) is 4.98 Å². The van der Waals surface area contributed by atoms with Gasteiger partial charge in [0.25, 0.3) is 0 Å². The molecule has 0 fully saturated rings. The molecular weight excluding hydrogens is 292 g/mol. The lowest BCUT2D eigenvalue weighted by Gasteiger charge is -2.05. The molecule has 0 aliphatic rings. The molecule has 0 spiro atoms. The molecular formula is C18H18N2OS. The van der Waals surface area contributed by atoms with Crippen molar-refractivity contribution in [3.05, 3.63) is 64.0 Å². The number of anilines is 1. The third-order valence-corrected chi connectivity index (χ3v) is 4.53. The van der Waals surface area contributed by atoms with E-state index >= 15 is 0 Å². The summed E-state index contributed by atoms with van der Waals surface area (Å²) < 4.78 is 5.42. The zero-order chi connectivity index (χ0) is 15.5. The zero-order valence-corrected chi connectivity index (χ0v) is 13.5. The lowest BCUT2D eigenvalue weighted by molar-refractivity contribution is 0.410. The molecule has 0 bridgehead atoms. The Balaban J connectivity index is 1.90. The Bertz CT molecular complexity index is 778. The number of rotatable bonds is 4. The Morgan fingerprint density at radius 3 is 2.55 bits per heavy atom. The normalized spacial score (nSPS) is 10.6. The average molecular weight is 310 g/mol. The topological polar surface area (TPSA) is 48.1 Å². The third-order valence-electron chi connectivity index (χ3n) is 3.56. The van der Waals surface area contributed by atoms with Crippen LogP contribution in [0.15, 0.2) is 48.5 Å². The van der Waals surface area contributed by atoms with Gasteiger partial charge in [-0.2, -0.15) is 0 Å². The molecule has 3 nitrogen and oxygen atoms in total. The molecule has 0 unspecified atom stereocenters. The van der Waals surface area contributed by atoms with Crippen LogP contribution in [0.1, 0.15) is 15.4 Å². The van der Waals surface area contributed by atoms with E-state index in [2.05, 4.69) is 13.0 Å². The van der Waals surface area contributed by atoms with E-state index in [4.69, 9.17) is 15.5 Å². The fraction of sp³-hybridized carbons (Fsp3) is 0.167. The second kappa shape index (κ2) is 6.20. The Hall–Kier alpha value is -2.33. The predicted octanol–water partition coefficient (Wildman–Crippen LogP) is 4.30. The van der Waals surface area contributed by atoms with Crippen LogP contribution in [0.3, 0.4) is 0 Å². The van der Waals surface area contributed by atoms with Gasteiger partial charge >= 0.3 is 0 Å². The summed E-state index contributed by atoms with van der Waals surface area (Å²) in [6.45, 7) is 2.11. The van der Waals surface area contributed by atoms with Crippen LogP contribution >= 0.6 is 11.3 Å². The van der Waals surface area contributed by atoms with Crippen LogP contribution in [0.4, 0.5) is 5.69 Å². The number of hydrogen-bond donors (Lipinski definition) is 1. The number of thiazole rings is 1. The first-order chi connectivity index (χ1) is 10.7. The number of hydrogen-bond acceptors (Lipinski definition) is 4. The molecule has 0 atom stereocenters. The van der Waals surface area contributed by atoms with Crippen molar-refractivity contribution < 1.29 is 4.74 Å². The quantitative estimate of drug-likeness (QED) is 0.731. The second-order valence-electron chi connectivity index (χ2n) is 5.12. The van der Waals surface area contributed by atoms with E-state index < -0.39 is 0 Å². The van der Waals surface area contributed by atoms with Crippen molar-refractivity contribution in [1.29, 1.82) is 0 Å². The smallest absolute Gasteiger partial charge is 0.122 e. The predicted molar refractivity (Wildman–Crippen MR) is 92.5 cm³/mol. The number of ether oxygens (including phenoxy) is 1. The Morgan fingerprint density at radius 1 is 1.09 bits per heavy atom. The van der Waals surface area contributed by atoms with Gasteiger partial charge in [0, 0.05) is 28.1 Å². The van der Waals surface area contributed by atoms with E-state index in [1.165, 1.54) is 4.88 Å². The summed E-state index contributed by atoms with van der Waals surface area (Å²) in [7, 11) is 1.70. The van der Waals surface area contributed by atoms with Crippen molar-refractivity contribution in [2.75, 3.05) is 12.8 Å². The van der Waals surface area contributed by atoms with Crippen LogP contribution in [-0.2, 0) is 6.42 Å². The largest absolute Gasteiger partial charge is 0.496 e. The summed E-state index contributed by atoms with van der Waals surface area (Å²) in [5, 5.41) is 1.09. The standard InChI is InChI=1S/C18H18N2OS/c1-12-18(13-7-9-15(19)10-8-13)20-17(22-12)11-14-5-3-4-6-16(14)21-2/h3-10H,11,19H2,1-2H3. The van der Waals surface area contributed by atoms with Crippen LogP contribution in [0, 0.1) is 6.92 Å². The molecule has 22 heavy (non-hydrogen) atoms. The number of para-hydroxylation sites is 1. The minimum Gasteiger partial charge on any atom is -0.496 e. The van der Waals surface area contributed by atoms with Crippen LogP contribution in [-0.4, -0.2) is 12.1 Å². The van der Waals surface area contributed by atoms with Gasteiger partial charge in [0.1, 0.15) is 5.75 Å². The van der Waals surface area contributed by atoms with Gasteiger partial charge in [-0.1, -0.05) is 30.3 Å². The molecule has 0 radical (unpaired) electrons. The molecule has 0 amide bonds. The van der Waals surface area contributed by atoms with Crippen molar-refractivity contribution in [3.8, 4) is 17.0 Å². The van der Waals surface area contributed by atoms with Crippen LogP contribution in [0.25, 0.3) is 11.3 Å². The van der Waals surface area contributed by atoms with E-state index in [1.807, 2.05) is 42.5 Å². The highest BCUT2D eigenvalue weighted by atomic mass is 32.1. The monoisotopic (exact) mass is 310 g/mol. The van der Waals surface area contributed by atoms with Crippen LogP contribution < -0.4 is 10.5 Å². The molecule has 1 heterocycles. The number of aryl methyl sites for hydroxylation is 1. The molecule has 0 aliphatic carbocycles. The summed E-state index contributed by atoms with van der Waals surface area (Å²) in [6.07, 6.45) is 0.782. The molecule has 0 aliphatic heterocycles. The van der Waals surface area contributed by atoms with Gasteiger partial charge in [0.2, 0.25) is 0 Å². The van der Waals surface area contributed by atoms with Crippen molar-refractivity contribution in [2.24, 2.45) is 0 Å². The molecule has 4 heteroatoms. The highest BCUT2D eigenvalue weighted by Crippen LogP contribution is 2.30. The molecule has 112 valence electrons. The lowest BCUT2D eigenvalue weighted by Crippen LogP contribution is -1.93. The Kier molecular flexibility index (Phi) is 4.11. The summed E-state index contributed by atoms with van der Waals surface area (Å²) in [6, 6.07) is 15.9. The van der Waals surface area contributed by atoms with Crippen molar-refractivity contribution in [1.82, 2.24) is 4.98 Å². The lowest BCUT2D eigenvalue weighted by atomic mass is 10.1. The van der Waals surface area contributed by atoms with Gasteiger partial charge in [-0.05, 0) is 25.1 Å². The fourth-order valence-corrected chi connectivity index (χ4v) is 3.43. The van der Waals surface area contributed by atoms with Crippen molar-refractivity contribution in [3.63, 3.8) is 0 Å². The number of nitrogen functional groups attached to an aromatic ring is 1. The first kappa shape index (κ1) is 14.6. The Labute approximate surface area is 134 Å². The van der Waals surface area contributed by atoms with Crippen LogP contribution in [0.5, 0.6) is 5.75 Å². The van der Waals surface area contributed by atoms with E-state index in [-0.39, 0.29) is 0 Å². The molecule has 0 saturated carbocycles. The van der Waals surface area contributed by atoms with E-state index in [0.29, 0.717) is 0 Å². The highest BCUT2D eigenvalue weighted by Gasteiger charge is 2.12. The summed E-state index contributed by atoms with van der Waals surface area (Å²) >= 11 is 1.73. The number of benzene rings is 2. The van der Waals surface area contributed by atoms with E-state index in [9.17, 15) is 0 Å². The minimum atomic E-state index is 0.769. The molecule has 3 rings (SSSR count). The van der Waals surface area contributed by atoms with Gasteiger partial charge in [-0.15, -0.1) is 11.3 Å². The molecule has 1 aromatic heterocycles. The number of aromatic nitrogens is 1. The third kappa shape index (κ3) is 2.97. The summed E-state index contributed by atoms with van der Waals surface area (Å²) in [4.78, 5) is 6.02. The van der Waals surface area contributed by atoms with Gasteiger partial charge in [0.15, 0.2) is 0 Å². The second-order valence-corrected chi connectivity index (χ2v) is 6.41. The van der Waals surface area contributed by atoms with Crippen LogP contribution in [0.2, 0.25) is 0 Å². The SMILES string of the molecule is COc1ccccc1Cc1nc(-c2ccc(N)cc2)c(C)s1. The zero-order valence-electron chi connectivity index (χ0n) is 12.7. The van der Waals surface area contributed by atoms with Gasteiger partial charge in [-0.3, -0.25) is 0 Å². The maximum atomic E-state index is 5.75. The van der Waals surface area contributed by atoms with E-state index in [0.717, 1.165) is 39.7 Å². The summed E-state index contributed by atoms with van der Waals surface area (Å²) in [5.74, 6) is 0.907. The highest BCUT2D eigenvalue weighted by molar-refractivity contribution is 7.12. The first-order valence-electron chi connectivity index (χ1n) is 7.11. The number of nitrogens with two attached hydrogens (primary N) is 1. The Morgan fingerprint density at radius 2 is 1.82 bits per heavy atom. The molecule has 2 aromatic carbocycles. The molecule has 2 N–H and O–H groups in total. The van der Waals surface area contributed by atoms with Gasteiger partial charge < -0.3 is 10.5 Å². The molecule has 3 aromatic rings. The first-order valence-corrected chi connectivity index (χ1v) is 7.93. The minimum absolute atomic E-state index is 0.769. The van der Waals surface area contributed by atoms with Crippen molar-refractivity contribution in [2.45, 2.75) is 13.3 Å². The number of nitrogens with zero attached hydrogens (tertiary/aromatic N) is 1. The fourth-order valence-electron chi connectivity index (χ4n) is 2.45. The average Bonchev–Trinajstić information content (AvgIpc) is 2.89.